The average molecular weight is 373 g/mol. The molecule has 0 heterocycles. The normalized spacial score (nSPS) is 12.5. The topological polar surface area (TPSA) is 98.5 Å². The summed E-state index contributed by atoms with van der Waals surface area (Å²) in [5, 5.41) is 7.57. The summed E-state index contributed by atoms with van der Waals surface area (Å²) in [5.74, 6) is -0.912. The van der Waals surface area contributed by atoms with E-state index in [0.29, 0.717) is 0 Å². The van der Waals surface area contributed by atoms with Gasteiger partial charge in [0.15, 0.2) is 6.10 Å². The summed E-state index contributed by atoms with van der Waals surface area (Å²) in [7, 11) is -3.88. The number of benzene rings is 2. The Balaban J connectivity index is 2.09. The van der Waals surface area contributed by atoms with Crippen LogP contribution in [-0.4, -0.2) is 20.4 Å². The largest absolute Gasteiger partial charge is 0.479 e. The van der Waals surface area contributed by atoms with Crippen LogP contribution >= 0.6 is 11.6 Å². The molecule has 6 nitrogen and oxygen atoms in total. The molecule has 1 amide bonds. The summed E-state index contributed by atoms with van der Waals surface area (Å²) in [4.78, 5) is 12.0. The summed E-state index contributed by atoms with van der Waals surface area (Å²) >= 11 is 5.83. The molecular weight excluding hydrogens is 359 g/mol. The van der Waals surface area contributed by atoms with Gasteiger partial charge in [0.2, 0.25) is 10.0 Å². The lowest BCUT2D eigenvalue weighted by atomic mass is 10.3. The van der Waals surface area contributed by atoms with Gasteiger partial charge in [-0.1, -0.05) is 17.7 Å². The van der Waals surface area contributed by atoms with Crippen LogP contribution in [0.15, 0.2) is 47.4 Å². The molecule has 2 rings (SSSR count). The lowest BCUT2D eigenvalue weighted by Gasteiger charge is -2.16. The molecule has 0 radical (unpaired) electrons. The van der Waals surface area contributed by atoms with E-state index in [2.05, 4.69) is 5.32 Å². The molecule has 24 heavy (non-hydrogen) atoms. The third kappa shape index (κ3) is 4.67. The van der Waals surface area contributed by atoms with Gasteiger partial charge in [-0.05, 0) is 43.3 Å². The first-order valence-corrected chi connectivity index (χ1v) is 8.64. The molecule has 0 aliphatic carbocycles. The van der Waals surface area contributed by atoms with Crippen molar-refractivity contribution in [1.82, 2.24) is 0 Å². The van der Waals surface area contributed by atoms with Crippen LogP contribution in [0.25, 0.3) is 0 Å². The predicted octanol–water partition coefficient (Wildman–Crippen LogP) is 2.53. The van der Waals surface area contributed by atoms with Crippen LogP contribution in [0.5, 0.6) is 5.75 Å². The fraction of sp³-hybridized carbons (Fsp3) is 0.133. The Labute approximate surface area is 143 Å². The van der Waals surface area contributed by atoms with Gasteiger partial charge in [0.05, 0.1) is 9.92 Å². The number of ether oxygens (including phenoxy) is 1. The first-order valence-electron chi connectivity index (χ1n) is 6.72. The van der Waals surface area contributed by atoms with E-state index in [1.54, 1.807) is 0 Å². The Morgan fingerprint density at radius 2 is 2.00 bits per heavy atom. The van der Waals surface area contributed by atoms with E-state index >= 15 is 0 Å². The number of nitrogens with one attached hydrogen (secondary N) is 1. The maximum Gasteiger partial charge on any atom is 0.265 e. The van der Waals surface area contributed by atoms with Crippen molar-refractivity contribution in [3.05, 3.63) is 53.3 Å². The Morgan fingerprint density at radius 3 is 2.62 bits per heavy atom. The molecule has 2 aromatic rings. The second-order valence-corrected chi connectivity index (χ2v) is 6.87. The van der Waals surface area contributed by atoms with Crippen LogP contribution in [0.1, 0.15) is 6.92 Å². The van der Waals surface area contributed by atoms with Crippen molar-refractivity contribution in [1.29, 1.82) is 0 Å². The fourth-order valence-electron chi connectivity index (χ4n) is 1.81. The van der Waals surface area contributed by atoms with Gasteiger partial charge in [0.1, 0.15) is 11.6 Å². The smallest absolute Gasteiger partial charge is 0.265 e. The van der Waals surface area contributed by atoms with Gasteiger partial charge in [-0.3, -0.25) is 4.79 Å². The monoisotopic (exact) mass is 372 g/mol. The Kier molecular flexibility index (Phi) is 5.43. The van der Waals surface area contributed by atoms with Crippen molar-refractivity contribution in [2.24, 2.45) is 5.14 Å². The SMILES string of the molecule is C[C@@H](Oc1ccc(F)cc1Cl)C(=O)Nc1cccc(S(N)(=O)=O)c1. The first-order chi connectivity index (χ1) is 11.2. The molecule has 1 atom stereocenters. The number of nitrogens with two attached hydrogens (primary N) is 1. The van der Waals surface area contributed by atoms with Crippen molar-refractivity contribution in [2.45, 2.75) is 17.9 Å². The molecular formula is C15H14ClFN2O4S. The number of hydrogen-bond donors (Lipinski definition) is 2. The molecule has 128 valence electrons. The second kappa shape index (κ2) is 7.16. The molecule has 9 heteroatoms. The third-order valence-electron chi connectivity index (χ3n) is 3.00. The molecule has 0 saturated carbocycles. The van der Waals surface area contributed by atoms with Crippen LogP contribution in [0.2, 0.25) is 5.02 Å². The maximum absolute atomic E-state index is 13.0. The van der Waals surface area contributed by atoms with Crippen LogP contribution in [0.3, 0.4) is 0 Å². The number of sulfonamides is 1. The highest BCUT2D eigenvalue weighted by atomic mass is 35.5. The van der Waals surface area contributed by atoms with Gasteiger partial charge in [-0.15, -0.1) is 0 Å². The number of carbonyl (C=O) groups excluding carboxylic acids is 1. The molecule has 0 bridgehead atoms. The predicted molar refractivity (Wildman–Crippen MR) is 87.9 cm³/mol. The van der Waals surface area contributed by atoms with Gasteiger partial charge < -0.3 is 10.1 Å². The van der Waals surface area contributed by atoms with Crippen LogP contribution < -0.4 is 15.2 Å². The molecule has 0 aromatic heterocycles. The number of hydrogen-bond acceptors (Lipinski definition) is 4. The molecule has 0 spiro atoms. The van der Waals surface area contributed by atoms with Crippen molar-refractivity contribution in [2.75, 3.05) is 5.32 Å². The van der Waals surface area contributed by atoms with Crippen molar-refractivity contribution in [3.8, 4) is 5.75 Å². The molecule has 0 unspecified atom stereocenters. The standard InChI is InChI=1S/C15H14ClFN2O4S/c1-9(23-14-6-5-10(17)7-13(14)16)15(20)19-11-3-2-4-12(8-11)24(18,21)22/h2-9H,1H3,(H,19,20)(H2,18,21,22)/t9-/m1/s1. The van der Waals surface area contributed by atoms with Crippen molar-refractivity contribution < 1.29 is 22.3 Å². The molecule has 0 fully saturated rings. The third-order valence-corrected chi connectivity index (χ3v) is 4.20. The highest BCUT2D eigenvalue weighted by Crippen LogP contribution is 2.26. The zero-order valence-corrected chi connectivity index (χ0v) is 14.1. The average Bonchev–Trinajstić information content (AvgIpc) is 2.49. The number of amides is 1. The first kappa shape index (κ1) is 18.2. The van der Waals surface area contributed by atoms with Gasteiger partial charge in [0.25, 0.3) is 5.91 Å². The molecule has 2 aromatic carbocycles. The quantitative estimate of drug-likeness (QED) is 0.842. The van der Waals surface area contributed by atoms with Crippen LogP contribution in [0.4, 0.5) is 10.1 Å². The van der Waals surface area contributed by atoms with Gasteiger partial charge >= 0.3 is 0 Å². The Hall–Kier alpha value is -2.16. The van der Waals surface area contributed by atoms with Crippen LogP contribution in [0, 0.1) is 5.82 Å². The minimum Gasteiger partial charge on any atom is -0.479 e. The van der Waals surface area contributed by atoms with E-state index in [0.717, 1.165) is 12.1 Å². The lowest BCUT2D eigenvalue weighted by molar-refractivity contribution is -0.122. The van der Waals surface area contributed by atoms with Crippen molar-refractivity contribution >= 4 is 33.2 Å². The highest BCUT2D eigenvalue weighted by molar-refractivity contribution is 7.89. The minimum absolute atomic E-state index is 0.0332. The highest BCUT2D eigenvalue weighted by Gasteiger charge is 2.17. The van der Waals surface area contributed by atoms with E-state index in [-0.39, 0.29) is 21.4 Å². The van der Waals surface area contributed by atoms with Crippen LogP contribution in [-0.2, 0) is 14.8 Å². The van der Waals surface area contributed by atoms with Gasteiger partial charge in [-0.2, -0.15) is 0 Å². The van der Waals surface area contributed by atoms with E-state index in [1.807, 2.05) is 0 Å². The van der Waals surface area contributed by atoms with E-state index in [4.69, 9.17) is 21.5 Å². The number of primary sulfonamides is 1. The summed E-state index contributed by atoms with van der Waals surface area (Å²) in [6, 6.07) is 9.01. The second-order valence-electron chi connectivity index (χ2n) is 4.90. The minimum atomic E-state index is -3.88. The summed E-state index contributed by atoms with van der Waals surface area (Å²) < 4.78 is 41.0. The number of rotatable bonds is 5. The molecule has 0 saturated heterocycles. The van der Waals surface area contributed by atoms with Crippen molar-refractivity contribution in [3.63, 3.8) is 0 Å². The number of anilines is 1. The van der Waals surface area contributed by atoms with Gasteiger partial charge in [0, 0.05) is 5.69 Å². The maximum atomic E-state index is 13.0. The molecule has 0 aliphatic heterocycles. The van der Waals surface area contributed by atoms with E-state index < -0.39 is 27.9 Å². The Bertz CT molecular complexity index is 874. The summed E-state index contributed by atoms with van der Waals surface area (Å²) in [6.07, 6.45) is -0.953. The fourth-order valence-corrected chi connectivity index (χ4v) is 2.58. The van der Waals surface area contributed by atoms with E-state index in [1.165, 1.54) is 37.3 Å². The zero-order chi connectivity index (χ0) is 17.9. The summed E-state index contributed by atoms with van der Waals surface area (Å²) in [6.45, 7) is 1.47. The van der Waals surface area contributed by atoms with Gasteiger partial charge in [-0.25, -0.2) is 17.9 Å². The summed E-state index contributed by atoms with van der Waals surface area (Å²) in [5.41, 5.74) is 0.243. The van der Waals surface area contributed by atoms with E-state index in [9.17, 15) is 17.6 Å². The lowest BCUT2D eigenvalue weighted by Crippen LogP contribution is -2.30. The Morgan fingerprint density at radius 1 is 1.29 bits per heavy atom. The zero-order valence-electron chi connectivity index (χ0n) is 12.5. The number of carbonyl (C=O) groups is 1. The molecule has 0 aliphatic rings. The molecule has 3 N–H and O–H groups in total. The number of halogens is 2.